The van der Waals surface area contributed by atoms with Crippen LogP contribution >= 0.6 is 11.3 Å². The highest BCUT2D eigenvalue weighted by Gasteiger charge is 2.18. The lowest BCUT2D eigenvalue weighted by Gasteiger charge is -2.16. The van der Waals surface area contributed by atoms with Crippen LogP contribution in [0.2, 0.25) is 0 Å². The summed E-state index contributed by atoms with van der Waals surface area (Å²) in [6.07, 6.45) is 0. The van der Waals surface area contributed by atoms with Crippen molar-refractivity contribution in [1.82, 2.24) is 10.3 Å². The SMILES string of the molecule is COc1cc(CNCc2csc(C(C)(C)C)n2)cc(OC)c1OCc1ccccc1. The molecule has 0 unspecified atom stereocenters. The normalized spacial score (nSPS) is 11.4. The first-order chi connectivity index (χ1) is 14.4. The van der Waals surface area contributed by atoms with Gasteiger partial charge in [0.05, 0.1) is 24.9 Å². The van der Waals surface area contributed by atoms with Crippen molar-refractivity contribution in [3.63, 3.8) is 0 Å². The lowest BCUT2D eigenvalue weighted by atomic mass is 9.98. The molecule has 6 heteroatoms. The molecule has 1 N–H and O–H groups in total. The third-order valence-electron chi connectivity index (χ3n) is 4.57. The lowest BCUT2D eigenvalue weighted by Crippen LogP contribution is -2.15. The van der Waals surface area contributed by atoms with E-state index in [1.807, 2.05) is 42.5 Å². The molecule has 0 saturated heterocycles. The predicted molar refractivity (Wildman–Crippen MR) is 122 cm³/mol. The molecule has 0 amide bonds. The molecule has 0 bridgehead atoms. The summed E-state index contributed by atoms with van der Waals surface area (Å²) in [4.78, 5) is 4.73. The number of aromatic nitrogens is 1. The van der Waals surface area contributed by atoms with Crippen molar-refractivity contribution in [3.05, 3.63) is 69.7 Å². The number of methoxy groups -OCH3 is 2. The molecule has 0 aliphatic heterocycles. The van der Waals surface area contributed by atoms with E-state index < -0.39 is 0 Å². The Morgan fingerprint density at radius 3 is 2.17 bits per heavy atom. The minimum absolute atomic E-state index is 0.0826. The van der Waals surface area contributed by atoms with Crippen molar-refractivity contribution in [2.24, 2.45) is 0 Å². The third kappa shape index (κ3) is 5.74. The van der Waals surface area contributed by atoms with Gasteiger partial charge in [-0.25, -0.2) is 4.98 Å². The van der Waals surface area contributed by atoms with Crippen LogP contribution in [0.15, 0.2) is 47.8 Å². The van der Waals surface area contributed by atoms with E-state index in [2.05, 4.69) is 31.5 Å². The zero-order valence-electron chi connectivity index (χ0n) is 18.3. The molecule has 160 valence electrons. The Labute approximate surface area is 183 Å². The second-order valence-electron chi connectivity index (χ2n) is 8.10. The molecule has 0 aliphatic carbocycles. The van der Waals surface area contributed by atoms with Crippen molar-refractivity contribution >= 4 is 11.3 Å². The van der Waals surface area contributed by atoms with Gasteiger partial charge in [0.2, 0.25) is 5.75 Å². The quantitative estimate of drug-likeness (QED) is 0.501. The van der Waals surface area contributed by atoms with E-state index in [9.17, 15) is 0 Å². The van der Waals surface area contributed by atoms with Crippen LogP contribution in [-0.4, -0.2) is 19.2 Å². The second kappa shape index (κ2) is 9.96. The lowest BCUT2D eigenvalue weighted by molar-refractivity contribution is 0.265. The first-order valence-electron chi connectivity index (χ1n) is 9.98. The molecule has 30 heavy (non-hydrogen) atoms. The fourth-order valence-electron chi connectivity index (χ4n) is 2.98. The Morgan fingerprint density at radius 2 is 1.60 bits per heavy atom. The minimum Gasteiger partial charge on any atom is -0.493 e. The third-order valence-corrected chi connectivity index (χ3v) is 5.89. The second-order valence-corrected chi connectivity index (χ2v) is 8.96. The molecular weight excluding hydrogens is 396 g/mol. The Hall–Kier alpha value is -2.57. The Bertz CT molecular complexity index is 924. The van der Waals surface area contributed by atoms with Gasteiger partial charge >= 0.3 is 0 Å². The molecule has 1 heterocycles. The molecule has 5 nitrogen and oxygen atoms in total. The standard InChI is InChI=1S/C24H30N2O3S/c1-24(2,3)23-26-19(16-30-23)14-25-13-18-11-20(27-4)22(21(12-18)28-5)29-15-17-9-7-6-8-10-17/h6-12,16,25H,13-15H2,1-5H3. The highest BCUT2D eigenvalue weighted by atomic mass is 32.1. The number of hydrogen-bond donors (Lipinski definition) is 1. The van der Waals surface area contributed by atoms with E-state index in [1.54, 1.807) is 25.6 Å². The summed E-state index contributed by atoms with van der Waals surface area (Å²) in [6, 6.07) is 14.0. The summed E-state index contributed by atoms with van der Waals surface area (Å²) in [5.41, 5.74) is 3.29. The van der Waals surface area contributed by atoms with Gasteiger partial charge in [-0.05, 0) is 23.3 Å². The zero-order valence-corrected chi connectivity index (χ0v) is 19.1. The maximum Gasteiger partial charge on any atom is 0.203 e. The maximum atomic E-state index is 6.02. The molecule has 3 aromatic rings. The molecule has 0 saturated carbocycles. The zero-order chi connectivity index (χ0) is 21.6. The molecule has 2 aromatic carbocycles. The smallest absolute Gasteiger partial charge is 0.203 e. The number of benzene rings is 2. The average molecular weight is 427 g/mol. The van der Waals surface area contributed by atoms with Gasteiger partial charge in [-0.1, -0.05) is 51.1 Å². The van der Waals surface area contributed by atoms with Crippen LogP contribution in [0, 0.1) is 0 Å². The highest BCUT2D eigenvalue weighted by Crippen LogP contribution is 2.39. The minimum atomic E-state index is 0.0826. The van der Waals surface area contributed by atoms with Crippen LogP contribution in [0.3, 0.4) is 0 Å². The van der Waals surface area contributed by atoms with Gasteiger partial charge in [-0.15, -0.1) is 11.3 Å². The van der Waals surface area contributed by atoms with Crippen LogP contribution in [0.1, 0.15) is 42.6 Å². The van der Waals surface area contributed by atoms with E-state index in [-0.39, 0.29) is 5.41 Å². The van der Waals surface area contributed by atoms with E-state index in [0.717, 1.165) is 21.8 Å². The van der Waals surface area contributed by atoms with Crippen LogP contribution in [0.25, 0.3) is 0 Å². The summed E-state index contributed by atoms with van der Waals surface area (Å²) in [5.74, 6) is 1.93. The molecular formula is C24H30N2O3S. The molecule has 0 radical (unpaired) electrons. The van der Waals surface area contributed by atoms with E-state index in [0.29, 0.717) is 36.9 Å². The fourth-order valence-corrected chi connectivity index (χ4v) is 3.88. The number of nitrogens with one attached hydrogen (secondary N) is 1. The number of nitrogens with zero attached hydrogens (tertiary/aromatic N) is 1. The van der Waals surface area contributed by atoms with Gasteiger partial charge in [0.15, 0.2) is 11.5 Å². The van der Waals surface area contributed by atoms with E-state index >= 15 is 0 Å². The van der Waals surface area contributed by atoms with E-state index in [1.165, 1.54) is 0 Å². The topological polar surface area (TPSA) is 52.6 Å². The van der Waals surface area contributed by atoms with Gasteiger partial charge in [-0.2, -0.15) is 0 Å². The van der Waals surface area contributed by atoms with Crippen molar-refractivity contribution < 1.29 is 14.2 Å². The Balaban J connectivity index is 1.66. The van der Waals surface area contributed by atoms with Crippen LogP contribution in [0.5, 0.6) is 17.2 Å². The first kappa shape index (κ1) is 22.1. The molecule has 0 atom stereocenters. The summed E-state index contributed by atoms with van der Waals surface area (Å²) < 4.78 is 17.2. The molecule has 3 rings (SSSR count). The van der Waals surface area contributed by atoms with Crippen LogP contribution in [0.4, 0.5) is 0 Å². The predicted octanol–water partition coefficient (Wildman–Crippen LogP) is 5.33. The van der Waals surface area contributed by atoms with Gasteiger partial charge in [0.25, 0.3) is 0 Å². The van der Waals surface area contributed by atoms with Gasteiger partial charge < -0.3 is 19.5 Å². The highest BCUT2D eigenvalue weighted by molar-refractivity contribution is 7.09. The molecule has 1 aromatic heterocycles. The molecule has 0 spiro atoms. The Kier molecular flexibility index (Phi) is 7.34. The fraction of sp³-hybridized carbons (Fsp3) is 0.375. The number of thiazole rings is 1. The van der Waals surface area contributed by atoms with E-state index in [4.69, 9.17) is 19.2 Å². The number of ether oxygens (including phenoxy) is 3. The monoisotopic (exact) mass is 426 g/mol. The largest absolute Gasteiger partial charge is 0.493 e. The maximum absolute atomic E-state index is 6.02. The van der Waals surface area contributed by atoms with Crippen molar-refractivity contribution in [3.8, 4) is 17.2 Å². The van der Waals surface area contributed by atoms with Crippen LogP contribution < -0.4 is 19.5 Å². The summed E-state index contributed by atoms with van der Waals surface area (Å²) in [5, 5.41) is 6.73. The van der Waals surface area contributed by atoms with Crippen molar-refractivity contribution in [2.45, 2.75) is 45.9 Å². The number of hydrogen-bond acceptors (Lipinski definition) is 6. The summed E-state index contributed by atoms with van der Waals surface area (Å²) >= 11 is 1.71. The van der Waals surface area contributed by atoms with Gasteiger partial charge in [0, 0.05) is 23.9 Å². The first-order valence-corrected chi connectivity index (χ1v) is 10.9. The average Bonchev–Trinajstić information content (AvgIpc) is 3.22. The molecule has 0 aliphatic rings. The summed E-state index contributed by atoms with van der Waals surface area (Å²) in [7, 11) is 3.29. The van der Waals surface area contributed by atoms with Crippen LogP contribution in [-0.2, 0) is 25.1 Å². The van der Waals surface area contributed by atoms with Crippen molar-refractivity contribution in [2.75, 3.05) is 14.2 Å². The van der Waals surface area contributed by atoms with Gasteiger partial charge in [-0.3, -0.25) is 0 Å². The molecule has 0 fully saturated rings. The van der Waals surface area contributed by atoms with Crippen molar-refractivity contribution in [1.29, 1.82) is 0 Å². The van der Waals surface area contributed by atoms with Gasteiger partial charge in [0.1, 0.15) is 6.61 Å². The number of rotatable bonds is 9. The Morgan fingerprint density at radius 1 is 0.933 bits per heavy atom. The summed E-state index contributed by atoms with van der Waals surface area (Å²) in [6.45, 7) is 8.39.